The molecule has 36 heavy (non-hydrogen) atoms. The van der Waals surface area contributed by atoms with Crippen molar-refractivity contribution < 1.29 is 19.1 Å². The maximum atomic E-state index is 13.4. The second-order valence-corrected chi connectivity index (χ2v) is 9.02. The third-order valence-corrected chi connectivity index (χ3v) is 6.61. The van der Waals surface area contributed by atoms with Crippen molar-refractivity contribution in [2.45, 2.75) is 0 Å². The molecule has 2 heterocycles. The van der Waals surface area contributed by atoms with Crippen LogP contribution < -0.4 is 19.3 Å². The van der Waals surface area contributed by atoms with Gasteiger partial charge in [0, 0.05) is 36.9 Å². The average Bonchev–Trinajstić information content (AvgIpc) is 2.92. The van der Waals surface area contributed by atoms with Crippen LogP contribution in [0.3, 0.4) is 0 Å². The number of nitrogens with zero attached hydrogens (tertiary/aromatic N) is 3. The summed E-state index contributed by atoms with van der Waals surface area (Å²) in [4.78, 5) is 32.2. The number of amides is 2. The number of halogens is 1. The van der Waals surface area contributed by atoms with Crippen molar-refractivity contribution in [2.75, 3.05) is 49.6 Å². The first-order valence-electron chi connectivity index (χ1n) is 11.7. The number of hydrogen-bond donors (Lipinski definition) is 0. The van der Waals surface area contributed by atoms with Crippen molar-refractivity contribution in [1.29, 1.82) is 0 Å². The molecule has 0 saturated carbocycles. The number of carbonyl (C=O) groups is 2. The van der Waals surface area contributed by atoms with Gasteiger partial charge in [0.15, 0.2) is 11.5 Å². The summed E-state index contributed by atoms with van der Waals surface area (Å²) in [6.07, 6.45) is 1.68. The van der Waals surface area contributed by atoms with Gasteiger partial charge in [-0.05, 0) is 60.2 Å². The molecular formula is C28H26ClN3O4. The second-order valence-electron chi connectivity index (χ2n) is 8.59. The molecule has 0 N–H and O–H groups in total. The molecule has 1 saturated heterocycles. The Morgan fingerprint density at radius 1 is 0.972 bits per heavy atom. The highest BCUT2D eigenvalue weighted by Gasteiger charge is 2.33. The number of rotatable bonds is 5. The SMILES string of the molecule is COc1ccc(/C=C2/Oc3ccccc3N(CC(=O)N3CCN(c4ccc(Cl)cc4)CC3)C2=O)cc1. The number of anilines is 2. The highest BCUT2D eigenvalue weighted by Crippen LogP contribution is 2.35. The fraction of sp³-hybridized carbons (Fsp3) is 0.214. The van der Waals surface area contributed by atoms with Crippen LogP contribution in [-0.2, 0) is 9.59 Å². The van der Waals surface area contributed by atoms with Gasteiger partial charge in [-0.15, -0.1) is 0 Å². The van der Waals surface area contributed by atoms with Gasteiger partial charge in [-0.1, -0.05) is 35.9 Å². The molecule has 0 aromatic heterocycles. The molecule has 2 aliphatic heterocycles. The summed E-state index contributed by atoms with van der Waals surface area (Å²) in [5.41, 5.74) is 2.46. The molecule has 2 amide bonds. The van der Waals surface area contributed by atoms with E-state index in [0.717, 1.165) is 17.0 Å². The zero-order chi connectivity index (χ0) is 25.1. The van der Waals surface area contributed by atoms with Crippen molar-refractivity contribution in [3.63, 3.8) is 0 Å². The Labute approximate surface area is 215 Å². The molecule has 3 aromatic carbocycles. The molecule has 0 bridgehead atoms. The summed E-state index contributed by atoms with van der Waals surface area (Å²) >= 11 is 6.00. The number of hydrogen-bond acceptors (Lipinski definition) is 5. The van der Waals surface area contributed by atoms with Gasteiger partial charge in [0.2, 0.25) is 5.91 Å². The van der Waals surface area contributed by atoms with E-state index in [9.17, 15) is 9.59 Å². The fourth-order valence-electron chi connectivity index (χ4n) is 4.37. The van der Waals surface area contributed by atoms with Crippen LogP contribution in [0.5, 0.6) is 11.5 Å². The van der Waals surface area contributed by atoms with E-state index in [4.69, 9.17) is 21.1 Å². The molecule has 0 aliphatic carbocycles. The summed E-state index contributed by atoms with van der Waals surface area (Å²) in [5.74, 6) is 0.982. The van der Waals surface area contributed by atoms with Crippen molar-refractivity contribution in [3.05, 3.63) is 89.1 Å². The topological polar surface area (TPSA) is 62.3 Å². The minimum Gasteiger partial charge on any atom is -0.497 e. The third-order valence-electron chi connectivity index (χ3n) is 6.36. The molecule has 0 spiro atoms. The van der Waals surface area contributed by atoms with Crippen LogP contribution in [0.1, 0.15) is 5.56 Å². The lowest BCUT2D eigenvalue weighted by atomic mass is 10.1. The van der Waals surface area contributed by atoms with Gasteiger partial charge < -0.3 is 19.3 Å². The fourth-order valence-corrected chi connectivity index (χ4v) is 4.50. The lowest BCUT2D eigenvalue weighted by Gasteiger charge is -2.37. The maximum absolute atomic E-state index is 13.4. The molecule has 184 valence electrons. The van der Waals surface area contributed by atoms with Crippen LogP contribution in [0.4, 0.5) is 11.4 Å². The quantitative estimate of drug-likeness (QED) is 0.481. The summed E-state index contributed by atoms with van der Waals surface area (Å²) in [5, 5.41) is 0.698. The van der Waals surface area contributed by atoms with Crippen molar-refractivity contribution >= 4 is 40.9 Å². The van der Waals surface area contributed by atoms with E-state index in [1.54, 1.807) is 25.3 Å². The second kappa shape index (κ2) is 10.3. The zero-order valence-electron chi connectivity index (χ0n) is 19.9. The Bertz CT molecular complexity index is 1280. The van der Waals surface area contributed by atoms with Gasteiger partial charge >= 0.3 is 0 Å². The standard InChI is InChI=1S/C28H26ClN3O4/c1-35-23-12-6-20(7-13-23)18-26-28(34)32(24-4-2-3-5-25(24)36-26)19-27(33)31-16-14-30(15-17-31)22-10-8-21(29)9-11-22/h2-13,18H,14-17,19H2,1H3/b26-18+. The van der Waals surface area contributed by atoms with Crippen molar-refractivity contribution in [3.8, 4) is 11.5 Å². The molecule has 0 unspecified atom stereocenters. The first kappa shape index (κ1) is 23.8. The molecule has 7 nitrogen and oxygen atoms in total. The van der Waals surface area contributed by atoms with E-state index >= 15 is 0 Å². The molecule has 5 rings (SSSR count). The van der Waals surface area contributed by atoms with Gasteiger partial charge in [0.05, 0.1) is 12.8 Å². The largest absolute Gasteiger partial charge is 0.497 e. The highest BCUT2D eigenvalue weighted by molar-refractivity contribution is 6.30. The van der Waals surface area contributed by atoms with Gasteiger partial charge in [-0.2, -0.15) is 0 Å². The van der Waals surface area contributed by atoms with E-state index in [2.05, 4.69) is 4.90 Å². The molecule has 3 aromatic rings. The average molecular weight is 504 g/mol. The van der Waals surface area contributed by atoms with E-state index in [0.29, 0.717) is 42.6 Å². The molecule has 2 aliphatic rings. The lowest BCUT2D eigenvalue weighted by Crippen LogP contribution is -2.52. The van der Waals surface area contributed by atoms with Crippen LogP contribution in [0.15, 0.2) is 78.6 Å². The number of ether oxygens (including phenoxy) is 2. The van der Waals surface area contributed by atoms with E-state index < -0.39 is 0 Å². The molecule has 8 heteroatoms. The van der Waals surface area contributed by atoms with Gasteiger partial charge in [0.25, 0.3) is 5.91 Å². The number of benzene rings is 3. The van der Waals surface area contributed by atoms with Crippen LogP contribution in [-0.4, -0.2) is 56.5 Å². The Balaban J connectivity index is 1.30. The van der Waals surface area contributed by atoms with Crippen molar-refractivity contribution in [2.24, 2.45) is 0 Å². The van der Waals surface area contributed by atoms with Crippen LogP contribution >= 0.6 is 11.6 Å². The Kier molecular flexibility index (Phi) is 6.82. The summed E-state index contributed by atoms with van der Waals surface area (Å²) in [6.45, 7) is 2.53. The van der Waals surface area contributed by atoms with Crippen LogP contribution in [0.25, 0.3) is 6.08 Å². The van der Waals surface area contributed by atoms with E-state index in [1.165, 1.54) is 4.90 Å². The number of para-hydroxylation sites is 2. The van der Waals surface area contributed by atoms with E-state index in [-0.39, 0.29) is 24.1 Å². The predicted octanol–water partition coefficient (Wildman–Crippen LogP) is 4.46. The first-order chi connectivity index (χ1) is 17.5. The van der Waals surface area contributed by atoms with E-state index in [1.807, 2.05) is 65.6 Å². The van der Waals surface area contributed by atoms with Crippen molar-refractivity contribution in [1.82, 2.24) is 4.90 Å². The monoisotopic (exact) mass is 503 g/mol. The van der Waals surface area contributed by atoms with Gasteiger partial charge in [-0.3, -0.25) is 14.5 Å². The normalized spacial score (nSPS) is 16.6. The molecule has 0 atom stereocenters. The minimum atomic E-state index is -0.349. The third kappa shape index (κ3) is 5.02. The van der Waals surface area contributed by atoms with Crippen LogP contribution in [0, 0.1) is 0 Å². The summed E-state index contributed by atoms with van der Waals surface area (Å²) in [6, 6.07) is 22.3. The predicted molar refractivity (Wildman–Crippen MR) is 141 cm³/mol. The smallest absolute Gasteiger partial charge is 0.294 e. The Morgan fingerprint density at radius 3 is 2.36 bits per heavy atom. The molecule has 0 radical (unpaired) electrons. The number of carbonyl (C=O) groups excluding carboxylic acids is 2. The Morgan fingerprint density at radius 2 is 1.67 bits per heavy atom. The zero-order valence-corrected chi connectivity index (χ0v) is 20.6. The highest BCUT2D eigenvalue weighted by atomic mass is 35.5. The van der Waals surface area contributed by atoms with Gasteiger partial charge in [0.1, 0.15) is 12.3 Å². The molecule has 1 fully saturated rings. The van der Waals surface area contributed by atoms with Crippen LogP contribution in [0.2, 0.25) is 5.02 Å². The summed E-state index contributed by atoms with van der Waals surface area (Å²) in [7, 11) is 1.60. The maximum Gasteiger partial charge on any atom is 0.294 e. The number of fused-ring (bicyclic) bond motifs is 1. The lowest BCUT2D eigenvalue weighted by molar-refractivity contribution is -0.131. The molecular weight excluding hydrogens is 478 g/mol. The number of methoxy groups -OCH3 is 1. The first-order valence-corrected chi connectivity index (χ1v) is 12.1. The summed E-state index contributed by atoms with van der Waals surface area (Å²) < 4.78 is 11.1. The van der Waals surface area contributed by atoms with Gasteiger partial charge in [-0.25, -0.2) is 0 Å². The number of piperazine rings is 1. The minimum absolute atomic E-state index is 0.0555. The Hall–Kier alpha value is -3.97.